The average molecular weight is 271 g/mol. The molecule has 4 heteroatoms. The number of hydrogen-bond donors (Lipinski definition) is 2. The Morgan fingerprint density at radius 1 is 1.45 bits per heavy atom. The van der Waals surface area contributed by atoms with Gasteiger partial charge < -0.3 is 15.0 Å². The third kappa shape index (κ3) is 2.85. The van der Waals surface area contributed by atoms with E-state index in [1.54, 1.807) is 0 Å². The molecule has 0 aliphatic carbocycles. The number of benzene rings is 1. The molecule has 4 nitrogen and oxygen atoms in total. The van der Waals surface area contributed by atoms with E-state index in [0.717, 1.165) is 44.0 Å². The molecule has 0 radical (unpaired) electrons. The highest BCUT2D eigenvalue weighted by molar-refractivity contribution is 5.39. The molecule has 2 heterocycles. The molecule has 20 heavy (non-hydrogen) atoms. The van der Waals surface area contributed by atoms with Crippen molar-refractivity contribution in [2.75, 3.05) is 13.2 Å². The van der Waals surface area contributed by atoms with Gasteiger partial charge in [0.05, 0.1) is 12.6 Å². The quantitative estimate of drug-likeness (QED) is 0.849. The van der Waals surface area contributed by atoms with E-state index in [4.69, 9.17) is 4.74 Å². The van der Waals surface area contributed by atoms with Gasteiger partial charge in [0.25, 0.3) is 0 Å². The number of aromatic amines is 1. The highest BCUT2D eigenvalue weighted by Gasteiger charge is 2.15. The summed E-state index contributed by atoms with van der Waals surface area (Å²) in [5.41, 5.74) is 2.73. The predicted octanol–water partition coefficient (Wildman–Crippen LogP) is 2.63. The monoisotopic (exact) mass is 271 g/mol. The van der Waals surface area contributed by atoms with Gasteiger partial charge >= 0.3 is 0 Å². The summed E-state index contributed by atoms with van der Waals surface area (Å²) in [6, 6.07) is 6.86. The minimum atomic E-state index is 0.291. The second-order valence-corrected chi connectivity index (χ2v) is 5.16. The number of aryl methyl sites for hydroxylation is 1. The van der Waals surface area contributed by atoms with Crippen LogP contribution in [0.25, 0.3) is 0 Å². The maximum Gasteiger partial charge on any atom is 0.123 e. The van der Waals surface area contributed by atoms with Crippen molar-refractivity contribution in [1.29, 1.82) is 0 Å². The number of aromatic nitrogens is 2. The summed E-state index contributed by atoms with van der Waals surface area (Å²) in [4.78, 5) is 7.57. The number of nitrogens with zero attached hydrogens (tertiary/aromatic N) is 1. The van der Waals surface area contributed by atoms with Crippen LogP contribution >= 0.6 is 0 Å². The molecule has 0 amide bonds. The molecule has 1 aliphatic rings. The number of hydrogen-bond acceptors (Lipinski definition) is 3. The van der Waals surface area contributed by atoms with Gasteiger partial charge in [0.15, 0.2) is 0 Å². The van der Waals surface area contributed by atoms with E-state index in [-0.39, 0.29) is 0 Å². The van der Waals surface area contributed by atoms with Crippen molar-refractivity contribution in [3.05, 3.63) is 47.5 Å². The van der Waals surface area contributed by atoms with E-state index in [1.807, 2.05) is 12.4 Å². The molecule has 3 rings (SSSR count). The summed E-state index contributed by atoms with van der Waals surface area (Å²) in [6.07, 6.45) is 6.82. The second-order valence-electron chi connectivity index (χ2n) is 5.16. The van der Waals surface area contributed by atoms with Crippen LogP contribution in [0.1, 0.15) is 36.3 Å². The lowest BCUT2D eigenvalue weighted by Crippen LogP contribution is -2.22. The predicted molar refractivity (Wildman–Crippen MR) is 79.0 cm³/mol. The minimum absolute atomic E-state index is 0.291. The summed E-state index contributed by atoms with van der Waals surface area (Å²) in [5, 5.41) is 3.49. The Morgan fingerprint density at radius 2 is 2.40 bits per heavy atom. The van der Waals surface area contributed by atoms with Crippen molar-refractivity contribution in [1.82, 2.24) is 15.3 Å². The summed E-state index contributed by atoms with van der Waals surface area (Å²) in [5.74, 6) is 2.08. The SMILES string of the molecule is CCNC(CCc1ccc2c(c1)CCO2)c1ncc[nH]1. The van der Waals surface area contributed by atoms with Gasteiger partial charge in [-0.1, -0.05) is 19.1 Å². The molecule has 0 fully saturated rings. The number of ether oxygens (including phenoxy) is 1. The van der Waals surface area contributed by atoms with E-state index in [2.05, 4.69) is 40.4 Å². The maximum absolute atomic E-state index is 5.55. The van der Waals surface area contributed by atoms with Crippen molar-refractivity contribution in [2.24, 2.45) is 0 Å². The third-order valence-electron chi connectivity index (χ3n) is 3.78. The summed E-state index contributed by atoms with van der Waals surface area (Å²) in [7, 11) is 0. The molecule has 1 unspecified atom stereocenters. The van der Waals surface area contributed by atoms with Crippen molar-refractivity contribution in [3.8, 4) is 5.75 Å². The van der Waals surface area contributed by atoms with Crippen LogP contribution in [0.4, 0.5) is 0 Å². The highest BCUT2D eigenvalue weighted by Crippen LogP contribution is 2.27. The van der Waals surface area contributed by atoms with E-state index >= 15 is 0 Å². The Balaban J connectivity index is 1.65. The largest absolute Gasteiger partial charge is 0.493 e. The lowest BCUT2D eigenvalue weighted by atomic mass is 10.0. The number of fused-ring (bicyclic) bond motifs is 1. The fourth-order valence-corrected chi connectivity index (χ4v) is 2.76. The van der Waals surface area contributed by atoms with Crippen LogP contribution < -0.4 is 10.1 Å². The van der Waals surface area contributed by atoms with Crippen LogP contribution in [0.5, 0.6) is 5.75 Å². The zero-order valence-electron chi connectivity index (χ0n) is 11.9. The maximum atomic E-state index is 5.55. The zero-order valence-corrected chi connectivity index (χ0v) is 11.9. The van der Waals surface area contributed by atoms with Gasteiger partial charge in [-0.05, 0) is 36.6 Å². The third-order valence-corrected chi connectivity index (χ3v) is 3.78. The Labute approximate surface area is 119 Å². The molecule has 1 aliphatic heterocycles. The van der Waals surface area contributed by atoms with E-state index in [1.165, 1.54) is 11.1 Å². The fourth-order valence-electron chi connectivity index (χ4n) is 2.76. The Kier molecular flexibility index (Phi) is 4.02. The van der Waals surface area contributed by atoms with Crippen molar-refractivity contribution in [2.45, 2.75) is 32.2 Å². The van der Waals surface area contributed by atoms with E-state index in [0.29, 0.717) is 6.04 Å². The molecular weight excluding hydrogens is 250 g/mol. The average Bonchev–Trinajstić information content (AvgIpc) is 3.13. The van der Waals surface area contributed by atoms with Crippen LogP contribution in [0.3, 0.4) is 0 Å². The molecule has 0 spiro atoms. The van der Waals surface area contributed by atoms with Crippen molar-refractivity contribution in [3.63, 3.8) is 0 Å². The molecule has 2 aromatic rings. The molecule has 1 atom stereocenters. The normalized spacial score (nSPS) is 14.8. The van der Waals surface area contributed by atoms with Crippen molar-refractivity contribution >= 4 is 0 Å². The highest BCUT2D eigenvalue weighted by atomic mass is 16.5. The first kappa shape index (κ1) is 13.2. The first-order valence-corrected chi connectivity index (χ1v) is 7.34. The molecular formula is C16H21N3O. The van der Waals surface area contributed by atoms with Crippen LogP contribution in [0.15, 0.2) is 30.6 Å². The molecule has 1 aromatic carbocycles. The van der Waals surface area contributed by atoms with Crippen LogP contribution in [0, 0.1) is 0 Å². The molecule has 0 bridgehead atoms. The molecule has 2 N–H and O–H groups in total. The minimum Gasteiger partial charge on any atom is -0.493 e. The van der Waals surface area contributed by atoms with Gasteiger partial charge in [0.2, 0.25) is 0 Å². The van der Waals surface area contributed by atoms with Gasteiger partial charge in [0, 0.05) is 18.8 Å². The van der Waals surface area contributed by atoms with E-state index < -0.39 is 0 Å². The lowest BCUT2D eigenvalue weighted by Gasteiger charge is -2.15. The van der Waals surface area contributed by atoms with Crippen LogP contribution in [-0.4, -0.2) is 23.1 Å². The van der Waals surface area contributed by atoms with Gasteiger partial charge in [-0.25, -0.2) is 4.98 Å². The lowest BCUT2D eigenvalue weighted by molar-refractivity contribution is 0.357. The molecule has 0 saturated heterocycles. The number of imidazole rings is 1. The van der Waals surface area contributed by atoms with Crippen LogP contribution in [-0.2, 0) is 12.8 Å². The summed E-state index contributed by atoms with van der Waals surface area (Å²) >= 11 is 0. The Hall–Kier alpha value is -1.81. The zero-order chi connectivity index (χ0) is 13.8. The number of nitrogens with one attached hydrogen (secondary N) is 2. The fraction of sp³-hybridized carbons (Fsp3) is 0.438. The Bertz CT molecular complexity index is 551. The molecule has 0 saturated carbocycles. The van der Waals surface area contributed by atoms with E-state index in [9.17, 15) is 0 Å². The van der Waals surface area contributed by atoms with Gasteiger partial charge in [-0.3, -0.25) is 0 Å². The topological polar surface area (TPSA) is 49.9 Å². The molecule has 1 aromatic heterocycles. The standard InChI is InChI=1S/C16H21N3O/c1-2-17-14(16-18-8-9-19-16)5-3-12-4-6-15-13(11-12)7-10-20-15/h4,6,8-9,11,14,17H,2-3,5,7,10H2,1H3,(H,18,19). The first-order valence-electron chi connectivity index (χ1n) is 7.34. The number of rotatable bonds is 6. The first-order chi connectivity index (χ1) is 9.86. The van der Waals surface area contributed by atoms with Gasteiger partial charge in [-0.2, -0.15) is 0 Å². The van der Waals surface area contributed by atoms with Crippen LogP contribution in [0.2, 0.25) is 0 Å². The molecule has 106 valence electrons. The summed E-state index contributed by atoms with van der Waals surface area (Å²) in [6.45, 7) is 3.90. The number of H-pyrrole nitrogens is 1. The second kappa shape index (κ2) is 6.09. The smallest absolute Gasteiger partial charge is 0.123 e. The van der Waals surface area contributed by atoms with Gasteiger partial charge in [0.1, 0.15) is 11.6 Å². The van der Waals surface area contributed by atoms with Crippen molar-refractivity contribution < 1.29 is 4.74 Å². The van der Waals surface area contributed by atoms with Gasteiger partial charge in [-0.15, -0.1) is 0 Å². The Morgan fingerprint density at radius 3 is 3.20 bits per heavy atom. The summed E-state index contributed by atoms with van der Waals surface area (Å²) < 4.78 is 5.55.